The van der Waals surface area contributed by atoms with Crippen LogP contribution in [-0.4, -0.2) is 82.0 Å². The molecule has 2 aliphatic rings. The predicted molar refractivity (Wildman–Crippen MR) is 160 cm³/mol. The van der Waals surface area contributed by atoms with E-state index < -0.39 is 23.0 Å². The van der Waals surface area contributed by atoms with Crippen LogP contribution in [0.15, 0.2) is 35.5 Å². The van der Waals surface area contributed by atoms with Crippen molar-refractivity contribution in [3.63, 3.8) is 0 Å². The Kier molecular flexibility index (Phi) is 7.35. The zero-order valence-corrected chi connectivity index (χ0v) is 24.1. The third-order valence-electron chi connectivity index (χ3n) is 8.66. The number of carboxylic acids is 1. The molecule has 1 saturated heterocycles. The summed E-state index contributed by atoms with van der Waals surface area (Å²) in [7, 11) is 5.23. The van der Waals surface area contributed by atoms with Gasteiger partial charge in [0.2, 0.25) is 5.43 Å². The quantitative estimate of drug-likeness (QED) is 0.261. The lowest BCUT2D eigenvalue weighted by molar-refractivity contribution is 0.0695. The number of fused-ring (bicyclic) bond motifs is 4. The Morgan fingerprint density at radius 2 is 2.00 bits per heavy atom. The second-order valence-electron chi connectivity index (χ2n) is 11.2. The number of nitrogens with zero attached hydrogens (tertiary/aromatic N) is 5. The van der Waals surface area contributed by atoms with Crippen LogP contribution < -0.4 is 15.6 Å². The SMILES string of the molecule is CNc1cc(F)c(F)c2c1Cc1ncc(-c3cnc4c(c3)c(=O)c(C(=O)O)cn4C)c(N3CCCC(N(C)CCO)C3)c1-2. The molecule has 0 bridgehead atoms. The van der Waals surface area contributed by atoms with Gasteiger partial charge in [-0.3, -0.25) is 14.7 Å². The summed E-state index contributed by atoms with van der Waals surface area (Å²) in [4.78, 5) is 38.4. The van der Waals surface area contributed by atoms with Crippen LogP contribution in [0, 0.1) is 11.6 Å². The molecule has 224 valence electrons. The standard InChI is InChI=1S/C31H32F2N6O4/c1-34-23-11-22(32)27(33)25-18(23)10-24-26(25)28(39-6-4-5-17(14-39)37(2)7-8-40)20(13-35-24)16-9-19-29(41)21(31(42)43)15-38(3)30(19)36-12-16/h9,11-13,15,17,34,40H,4-8,10,14H2,1-3H3,(H,42,43). The second kappa shape index (κ2) is 11.0. The average molecular weight is 591 g/mol. The van der Waals surface area contributed by atoms with Gasteiger partial charge in [0.15, 0.2) is 11.6 Å². The van der Waals surface area contributed by atoms with Gasteiger partial charge in [-0.25, -0.2) is 18.6 Å². The van der Waals surface area contributed by atoms with E-state index >= 15 is 4.39 Å². The Bertz CT molecular complexity index is 1840. The Labute approximate surface area is 246 Å². The molecule has 4 aromatic rings. The smallest absolute Gasteiger partial charge is 0.341 e. The fourth-order valence-electron chi connectivity index (χ4n) is 6.50. The summed E-state index contributed by atoms with van der Waals surface area (Å²) < 4.78 is 32.2. The summed E-state index contributed by atoms with van der Waals surface area (Å²) in [5.41, 5.74) is 3.38. The number of hydrogen-bond acceptors (Lipinski definition) is 8. The van der Waals surface area contributed by atoms with Crippen LogP contribution in [-0.2, 0) is 13.5 Å². The number of pyridine rings is 3. The lowest BCUT2D eigenvalue weighted by Crippen LogP contribution is -2.47. The van der Waals surface area contributed by atoms with E-state index in [4.69, 9.17) is 4.98 Å². The maximum absolute atomic E-state index is 15.7. The van der Waals surface area contributed by atoms with Crippen molar-refractivity contribution in [1.29, 1.82) is 0 Å². The number of aliphatic hydroxyl groups excluding tert-OH is 1. The molecule has 10 nitrogen and oxygen atoms in total. The molecule has 1 atom stereocenters. The number of aromatic carboxylic acids is 1. The number of aryl methyl sites for hydroxylation is 1. The van der Waals surface area contributed by atoms with Crippen molar-refractivity contribution in [1.82, 2.24) is 19.4 Å². The summed E-state index contributed by atoms with van der Waals surface area (Å²) in [5, 5.41) is 22.3. The maximum Gasteiger partial charge on any atom is 0.341 e. The van der Waals surface area contributed by atoms with Gasteiger partial charge in [-0.15, -0.1) is 0 Å². The summed E-state index contributed by atoms with van der Waals surface area (Å²) in [5.74, 6) is -3.26. The molecule has 1 aliphatic heterocycles. The molecular weight excluding hydrogens is 558 g/mol. The zero-order chi connectivity index (χ0) is 30.6. The van der Waals surface area contributed by atoms with Gasteiger partial charge in [-0.2, -0.15) is 0 Å². The molecule has 0 radical (unpaired) electrons. The van der Waals surface area contributed by atoms with E-state index in [2.05, 4.69) is 20.1 Å². The highest BCUT2D eigenvalue weighted by Crippen LogP contribution is 2.50. The first-order valence-corrected chi connectivity index (χ1v) is 14.1. The first-order valence-electron chi connectivity index (χ1n) is 14.1. The molecule has 1 aliphatic carbocycles. The summed E-state index contributed by atoms with van der Waals surface area (Å²) in [6.45, 7) is 1.72. The lowest BCUT2D eigenvalue weighted by atomic mass is 9.94. The van der Waals surface area contributed by atoms with Gasteiger partial charge in [0.05, 0.1) is 23.4 Å². The van der Waals surface area contributed by atoms with E-state index in [0.717, 1.165) is 18.9 Å². The Balaban J connectivity index is 1.62. The zero-order valence-electron chi connectivity index (χ0n) is 24.1. The van der Waals surface area contributed by atoms with Crippen molar-refractivity contribution in [3.8, 4) is 22.3 Å². The molecule has 0 spiro atoms. The number of carbonyl (C=O) groups is 1. The highest BCUT2D eigenvalue weighted by atomic mass is 19.2. The number of hydrogen-bond donors (Lipinski definition) is 3. The van der Waals surface area contributed by atoms with E-state index in [0.29, 0.717) is 71.0 Å². The Morgan fingerprint density at radius 1 is 1.21 bits per heavy atom. The molecule has 3 aromatic heterocycles. The van der Waals surface area contributed by atoms with E-state index in [9.17, 15) is 24.2 Å². The summed E-state index contributed by atoms with van der Waals surface area (Å²) in [6, 6.07) is 2.86. The van der Waals surface area contributed by atoms with Crippen LogP contribution in [0.2, 0.25) is 0 Å². The molecule has 3 N–H and O–H groups in total. The Hall–Kier alpha value is -4.42. The second-order valence-corrected chi connectivity index (χ2v) is 11.2. The number of aliphatic hydroxyl groups is 1. The first-order chi connectivity index (χ1) is 20.6. The fraction of sp³-hybridized carbons (Fsp3) is 0.355. The van der Waals surface area contributed by atoms with Gasteiger partial charge < -0.3 is 25.0 Å². The predicted octanol–water partition coefficient (Wildman–Crippen LogP) is 3.48. The number of anilines is 2. The minimum absolute atomic E-state index is 0.0175. The Morgan fingerprint density at radius 3 is 2.72 bits per heavy atom. The number of benzene rings is 1. The van der Waals surface area contributed by atoms with Crippen molar-refractivity contribution >= 4 is 28.4 Å². The van der Waals surface area contributed by atoms with Crippen molar-refractivity contribution in [2.45, 2.75) is 25.3 Å². The minimum Gasteiger partial charge on any atom is -0.477 e. The number of piperidine rings is 1. The molecular formula is C31H32F2N6O4. The highest BCUT2D eigenvalue weighted by Gasteiger charge is 2.35. The van der Waals surface area contributed by atoms with Crippen molar-refractivity contribution in [2.24, 2.45) is 7.05 Å². The molecule has 12 heteroatoms. The van der Waals surface area contributed by atoms with Crippen LogP contribution in [0.3, 0.4) is 0 Å². The summed E-state index contributed by atoms with van der Waals surface area (Å²) in [6.07, 6.45) is 6.55. The molecule has 0 amide bonds. The van der Waals surface area contributed by atoms with E-state index in [-0.39, 0.29) is 29.2 Å². The monoisotopic (exact) mass is 590 g/mol. The first kappa shape index (κ1) is 28.7. The third kappa shape index (κ3) is 4.70. The van der Waals surface area contributed by atoms with Crippen LogP contribution in [0.5, 0.6) is 0 Å². The number of aromatic nitrogens is 3. The van der Waals surface area contributed by atoms with Crippen molar-refractivity contribution < 1.29 is 23.8 Å². The van der Waals surface area contributed by atoms with Gasteiger partial charge in [0, 0.05) is 98.8 Å². The van der Waals surface area contributed by atoms with E-state index in [1.54, 1.807) is 32.6 Å². The molecule has 1 fully saturated rings. The molecule has 0 saturated carbocycles. The summed E-state index contributed by atoms with van der Waals surface area (Å²) >= 11 is 0. The largest absolute Gasteiger partial charge is 0.477 e. The van der Waals surface area contributed by atoms with Gasteiger partial charge in [0.25, 0.3) is 0 Å². The molecule has 1 unspecified atom stereocenters. The lowest BCUT2D eigenvalue weighted by Gasteiger charge is -2.40. The van der Waals surface area contributed by atoms with E-state index in [1.807, 2.05) is 7.05 Å². The number of carboxylic acid groups (broad SMARTS) is 1. The number of likely N-dealkylation sites (N-methyl/N-ethyl adjacent to an activating group) is 1. The van der Waals surface area contributed by atoms with Crippen LogP contribution in [0.4, 0.5) is 20.2 Å². The maximum atomic E-state index is 15.7. The van der Waals surface area contributed by atoms with Crippen LogP contribution in [0.25, 0.3) is 33.3 Å². The normalized spacial score (nSPS) is 16.1. The molecule has 43 heavy (non-hydrogen) atoms. The van der Waals surface area contributed by atoms with Crippen molar-refractivity contribution in [3.05, 3.63) is 69.4 Å². The number of halogens is 2. The molecule has 6 rings (SSSR count). The third-order valence-corrected chi connectivity index (χ3v) is 8.66. The van der Waals surface area contributed by atoms with Gasteiger partial charge >= 0.3 is 5.97 Å². The molecule has 1 aromatic carbocycles. The van der Waals surface area contributed by atoms with Crippen LogP contribution >= 0.6 is 0 Å². The topological polar surface area (TPSA) is 124 Å². The highest BCUT2D eigenvalue weighted by molar-refractivity contribution is 5.98. The van der Waals surface area contributed by atoms with Crippen LogP contribution in [0.1, 0.15) is 34.5 Å². The molecule has 4 heterocycles. The van der Waals surface area contributed by atoms with Gasteiger partial charge in [0.1, 0.15) is 11.2 Å². The van der Waals surface area contributed by atoms with E-state index in [1.165, 1.54) is 10.8 Å². The number of nitrogens with one attached hydrogen (secondary N) is 1. The van der Waals surface area contributed by atoms with Gasteiger partial charge in [-0.1, -0.05) is 0 Å². The minimum atomic E-state index is -1.34. The van der Waals surface area contributed by atoms with Gasteiger partial charge in [-0.05, 0) is 31.5 Å². The fourth-order valence-corrected chi connectivity index (χ4v) is 6.50. The number of rotatable bonds is 7. The van der Waals surface area contributed by atoms with Crippen molar-refractivity contribution in [2.75, 3.05) is 50.6 Å². The average Bonchev–Trinajstić information content (AvgIpc) is 3.40.